The van der Waals surface area contributed by atoms with E-state index < -0.39 is 0 Å². The number of nitrogens with zero attached hydrogens (tertiary/aromatic N) is 3. The average Bonchev–Trinajstić information content (AvgIpc) is 2.70. The minimum Gasteiger partial charge on any atom is -0.326 e. The van der Waals surface area contributed by atoms with E-state index in [2.05, 4.69) is 10.2 Å². The van der Waals surface area contributed by atoms with Crippen LogP contribution in [0.25, 0.3) is 5.69 Å². The first-order valence-electron chi connectivity index (χ1n) is 4.15. The molecule has 0 saturated carbocycles. The topological polar surface area (TPSA) is 56.7 Å². The van der Waals surface area contributed by atoms with Gasteiger partial charge in [-0.15, -0.1) is 10.2 Å². The van der Waals surface area contributed by atoms with Crippen LogP contribution in [0.5, 0.6) is 0 Å². The smallest absolute Gasteiger partial charge is 0.147 e. The summed E-state index contributed by atoms with van der Waals surface area (Å²) in [5.41, 5.74) is 6.65. The summed E-state index contributed by atoms with van der Waals surface area (Å²) in [6.45, 7) is 0.283. The van der Waals surface area contributed by atoms with Crippen LogP contribution in [0.15, 0.2) is 30.9 Å². The fourth-order valence-corrected chi connectivity index (χ4v) is 1.33. The van der Waals surface area contributed by atoms with Crippen molar-refractivity contribution < 1.29 is 4.39 Å². The number of hydrogen-bond acceptors (Lipinski definition) is 3. The molecule has 14 heavy (non-hydrogen) atoms. The summed E-state index contributed by atoms with van der Waals surface area (Å²) in [7, 11) is 0. The molecule has 1 aromatic carbocycles. The summed E-state index contributed by atoms with van der Waals surface area (Å²) in [6, 6.07) is 4.79. The van der Waals surface area contributed by atoms with Gasteiger partial charge in [-0.3, -0.25) is 4.57 Å². The van der Waals surface area contributed by atoms with Crippen LogP contribution in [0.3, 0.4) is 0 Å². The monoisotopic (exact) mass is 192 g/mol. The average molecular weight is 192 g/mol. The van der Waals surface area contributed by atoms with Crippen molar-refractivity contribution in [3.05, 3.63) is 42.2 Å². The van der Waals surface area contributed by atoms with Gasteiger partial charge in [0, 0.05) is 6.54 Å². The van der Waals surface area contributed by atoms with Crippen molar-refractivity contribution in [3.63, 3.8) is 0 Å². The van der Waals surface area contributed by atoms with Gasteiger partial charge in [0.1, 0.15) is 18.5 Å². The molecule has 5 heteroatoms. The number of benzene rings is 1. The Kier molecular flexibility index (Phi) is 2.24. The first-order chi connectivity index (χ1) is 6.83. The fraction of sp³-hybridized carbons (Fsp3) is 0.111. The van der Waals surface area contributed by atoms with Crippen molar-refractivity contribution in [1.82, 2.24) is 14.8 Å². The third kappa shape index (κ3) is 1.38. The van der Waals surface area contributed by atoms with E-state index >= 15 is 0 Å². The third-order valence-corrected chi connectivity index (χ3v) is 1.97. The maximum absolute atomic E-state index is 13.5. The maximum atomic E-state index is 13.5. The number of para-hydroxylation sites is 1. The summed E-state index contributed by atoms with van der Waals surface area (Å²) >= 11 is 0. The minimum absolute atomic E-state index is 0.283. The molecule has 0 radical (unpaired) electrons. The number of halogens is 1. The van der Waals surface area contributed by atoms with Crippen molar-refractivity contribution in [2.45, 2.75) is 6.54 Å². The van der Waals surface area contributed by atoms with Crippen LogP contribution in [0.2, 0.25) is 0 Å². The van der Waals surface area contributed by atoms with E-state index in [4.69, 9.17) is 5.73 Å². The predicted molar refractivity (Wildman–Crippen MR) is 49.2 cm³/mol. The molecule has 2 rings (SSSR count). The van der Waals surface area contributed by atoms with E-state index in [-0.39, 0.29) is 12.4 Å². The van der Waals surface area contributed by atoms with Crippen LogP contribution in [0, 0.1) is 5.82 Å². The van der Waals surface area contributed by atoms with Gasteiger partial charge in [-0.1, -0.05) is 12.1 Å². The van der Waals surface area contributed by atoms with Gasteiger partial charge in [0.2, 0.25) is 0 Å². The quantitative estimate of drug-likeness (QED) is 0.767. The molecular weight excluding hydrogens is 183 g/mol. The van der Waals surface area contributed by atoms with E-state index in [1.165, 1.54) is 23.3 Å². The van der Waals surface area contributed by atoms with Gasteiger partial charge >= 0.3 is 0 Å². The third-order valence-electron chi connectivity index (χ3n) is 1.97. The highest BCUT2D eigenvalue weighted by molar-refractivity contribution is 5.41. The van der Waals surface area contributed by atoms with Gasteiger partial charge in [0.05, 0.1) is 5.69 Å². The number of aromatic nitrogens is 3. The number of nitrogens with two attached hydrogens (primary N) is 1. The molecule has 2 N–H and O–H groups in total. The summed E-state index contributed by atoms with van der Waals surface area (Å²) in [4.78, 5) is 0. The molecular formula is C9H9FN4. The van der Waals surface area contributed by atoms with E-state index in [0.717, 1.165) is 5.56 Å². The molecule has 0 saturated heterocycles. The zero-order chi connectivity index (χ0) is 9.97. The second-order valence-corrected chi connectivity index (χ2v) is 2.82. The standard InChI is InChI=1S/C9H9FN4/c10-8-3-1-2-7(4-11)9(8)14-5-12-13-6-14/h1-3,5-6H,4,11H2. The van der Waals surface area contributed by atoms with Crippen molar-refractivity contribution in [2.75, 3.05) is 0 Å². The van der Waals surface area contributed by atoms with Gasteiger partial charge in [0.25, 0.3) is 0 Å². The Morgan fingerprint density at radius 1 is 1.29 bits per heavy atom. The predicted octanol–water partition coefficient (Wildman–Crippen LogP) is 0.865. The Morgan fingerprint density at radius 2 is 2.00 bits per heavy atom. The molecule has 4 nitrogen and oxygen atoms in total. The van der Waals surface area contributed by atoms with Crippen molar-refractivity contribution >= 4 is 0 Å². The van der Waals surface area contributed by atoms with Crippen LogP contribution in [-0.4, -0.2) is 14.8 Å². The number of rotatable bonds is 2. The van der Waals surface area contributed by atoms with Gasteiger partial charge in [-0.05, 0) is 11.6 Å². The summed E-state index contributed by atoms with van der Waals surface area (Å²) < 4.78 is 15.0. The van der Waals surface area contributed by atoms with Gasteiger partial charge < -0.3 is 5.73 Å². The zero-order valence-corrected chi connectivity index (χ0v) is 7.39. The summed E-state index contributed by atoms with van der Waals surface area (Å²) in [5.74, 6) is -0.326. The van der Waals surface area contributed by atoms with Crippen LogP contribution in [-0.2, 0) is 6.54 Å². The molecule has 72 valence electrons. The van der Waals surface area contributed by atoms with Crippen LogP contribution in [0.1, 0.15) is 5.56 Å². The SMILES string of the molecule is NCc1cccc(F)c1-n1cnnc1. The molecule has 1 aromatic heterocycles. The molecule has 0 fully saturated rings. The Morgan fingerprint density at radius 3 is 2.64 bits per heavy atom. The minimum atomic E-state index is -0.326. The molecule has 0 spiro atoms. The summed E-state index contributed by atoms with van der Waals surface area (Å²) in [6.07, 6.45) is 2.88. The first kappa shape index (κ1) is 8.83. The van der Waals surface area contributed by atoms with E-state index in [9.17, 15) is 4.39 Å². The molecule has 0 aliphatic carbocycles. The number of hydrogen-bond donors (Lipinski definition) is 1. The molecule has 2 aromatic rings. The van der Waals surface area contributed by atoms with E-state index in [1.807, 2.05) is 0 Å². The van der Waals surface area contributed by atoms with Crippen molar-refractivity contribution in [2.24, 2.45) is 5.73 Å². The second-order valence-electron chi connectivity index (χ2n) is 2.82. The molecule has 0 aliphatic rings. The first-order valence-corrected chi connectivity index (χ1v) is 4.15. The lowest BCUT2D eigenvalue weighted by Gasteiger charge is -2.08. The Hall–Kier alpha value is -1.75. The van der Waals surface area contributed by atoms with E-state index in [1.54, 1.807) is 12.1 Å². The molecule has 1 heterocycles. The lowest BCUT2D eigenvalue weighted by molar-refractivity contribution is 0.615. The highest BCUT2D eigenvalue weighted by atomic mass is 19.1. The van der Waals surface area contributed by atoms with Crippen LogP contribution < -0.4 is 5.73 Å². The van der Waals surface area contributed by atoms with Gasteiger partial charge in [0.15, 0.2) is 0 Å². The molecule has 0 aliphatic heterocycles. The maximum Gasteiger partial charge on any atom is 0.147 e. The van der Waals surface area contributed by atoms with Gasteiger partial charge in [-0.25, -0.2) is 4.39 Å². The second kappa shape index (κ2) is 3.55. The van der Waals surface area contributed by atoms with Crippen LogP contribution in [0.4, 0.5) is 4.39 Å². The van der Waals surface area contributed by atoms with Gasteiger partial charge in [-0.2, -0.15) is 0 Å². The highest BCUT2D eigenvalue weighted by Gasteiger charge is 2.08. The van der Waals surface area contributed by atoms with Crippen molar-refractivity contribution in [3.8, 4) is 5.69 Å². The lowest BCUT2D eigenvalue weighted by Crippen LogP contribution is -2.05. The molecule has 0 bridgehead atoms. The fourth-order valence-electron chi connectivity index (χ4n) is 1.33. The van der Waals surface area contributed by atoms with Crippen molar-refractivity contribution in [1.29, 1.82) is 0 Å². The summed E-state index contributed by atoms with van der Waals surface area (Å²) in [5, 5.41) is 7.24. The van der Waals surface area contributed by atoms with E-state index in [0.29, 0.717) is 5.69 Å². The zero-order valence-electron chi connectivity index (χ0n) is 7.39. The Labute approximate surface area is 80.2 Å². The van der Waals surface area contributed by atoms with Crippen LogP contribution >= 0.6 is 0 Å². The molecule has 0 atom stereocenters. The molecule has 0 unspecified atom stereocenters. The molecule has 0 amide bonds. The Balaban J connectivity index is 2.61. The lowest BCUT2D eigenvalue weighted by atomic mass is 10.1. The largest absolute Gasteiger partial charge is 0.326 e. The normalized spacial score (nSPS) is 10.4. The highest BCUT2D eigenvalue weighted by Crippen LogP contribution is 2.17. The Bertz CT molecular complexity index is 424.